The van der Waals surface area contributed by atoms with Gasteiger partial charge >= 0.3 is 0 Å². The highest BCUT2D eigenvalue weighted by Gasteiger charge is 2.12. The van der Waals surface area contributed by atoms with E-state index in [2.05, 4.69) is 15.3 Å². The van der Waals surface area contributed by atoms with Gasteiger partial charge in [-0.15, -0.1) is 0 Å². The van der Waals surface area contributed by atoms with Crippen LogP contribution >= 0.6 is 11.6 Å². The average molecular weight is 279 g/mol. The fraction of sp³-hybridized carbons (Fsp3) is 0.231. The normalized spacial score (nSPS) is 12.1. The second-order valence-electron chi connectivity index (χ2n) is 4.14. The van der Waals surface area contributed by atoms with E-state index in [0.717, 1.165) is 5.56 Å². The summed E-state index contributed by atoms with van der Waals surface area (Å²) in [6.45, 7) is -0.0326. The van der Waals surface area contributed by atoms with Gasteiger partial charge in [0.15, 0.2) is 5.82 Å². The molecule has 2 aromatic rings. The minimum absolute atomic E-state index is 0.0326. The van der Waals surface area contributed by atoms with Crippen molar-refractivity contribution >= 4 is 23.4 Å². The van der Waals surface area contributed by atoms with Crippen molar-refractivity contribution in [2.24, 2.45) is 0 Å². The first-order valence-corrected chi connectivity index (χ1v) is 6.26. The topological polar surface area (TPSA) is 84.1 Å². The number of hydrogen-bond donors (Lipinski definition) is 3. The van der Waals surface area contributed by atoms with Crippen LogP contribution in [0.15, 0.2) is 36.5 Å². The molecule has 1 heterocycles. The molecule has 0 saturated carbocycles. The monoisotopic (exact) mass is 278 g/mol. The fourth-order valence-electron chi connectivity index (χ4n) is 1.74. The van der Waals surface area contributed by atoms with Gasteiger partial charge in [-0.3, -0.25) is 0 Å². The van der Waals surface area contributed by atoms with Crippen molar-refractivity contribution in [3.05, 3.63) is 47.1 Å². The molecule has 6 heteroatoms. The van der Waals surface area contributed by atoms with Crippen LogP contribution in [0.25, 0.3) is 0 Å². The number of aromatic nitrogens is 2. The molecule has 0 aliphatic rings. The summed E-state index contributed by atoms with van der Waals surface area (Å²) < 4.78 is 0. The lowest BCUT2D eigenvalue weighted by Crippen LogP contribution is -2.27. The predicted molar refractivity (Wildman–Crippen MR) is 76.1 cm³/mol. The van der Waals surface area contributed by atoms with Gasteiger partial charge in [0.1, 0.15) is 5.02 Å². The summed E-state index contributed by atoms with van der Waals surface area (Å²) in [6.07, 6.45) is 2.10. The van der Waals surface area contributed by atoms with Gasteiger partial charge in [0.25, 0.3) is 0 Å². The van der Waals surface area contributed by atoms with Crippen molar-refractivity contribution in [3.63, 3.8) is 0 Å². The third-order valence-corrected chi connectivity index (χ3v) is 2.93. The largest absolute Gasteiger partial charge is 0.394 e. The van der Waals surface area contributed by atoms with E-state index in [1.54, 1.807) is 0 Å². The summed E-state index contributed by atoms with van der Waals surface area (Å²) in [5, 5.41) is 12.9. The summed E-state index contributed by atoms with van der Waals surface area (Å²) in [6, 6.07) is 9.68. The van der Waals surface area contributed by atoms with Crippen molar-refractivity contribution in [2.45, 2.75) is 12.5 Å². The Labute approximate surface area is 116 Å². The molecule has 5 nitrogen and oxygen atoms in total. The summed E-state index contributed by atoms with van der Waals surface area (Å²) in [7, 11) is 0. The van der Waals surface area contributed by atoms with Crippen molar-refractivity contribution in [1.29, 1.82) is 0 Å². The molecule has 0 radical (unpaired) electrons. The number of benzene rings is 1. The van der Waals surface area contributed by atoms with Gasteiger partial charge < -0.3 is 16.2 Å². The molecule has 0 amide bonds. The zero-order valence-electron chi connectivity index (χ0n) is 10.3. The Kier molecular flexibility index (Phi) is 4.54. The third-order valence-electron chi connectivity index (χ3n) is 2.65. The van der Waals surface area contributed by atoms with E-state index in [9.17, 15) is 5.11 Å². The molecule has 0 bridgehead atoms. The van der Waals surface area contributed by atoms with Gasteiger partial charge in [-0.2, -0.15) is 4.98 Å². The molecule has 19 heavy (non-hydrogen) atoms. The van der Waals surface area contributed by atoms with Crippen molar-refractivity contribution in [2.75, 3.05) is 17.7 Å². The highest BCUT2D eigenvalue weighted by molar-refractivity contribution is 6.32. The molecule has 0 fully saturated rings. The van der Waals surface area contributed by atoms with Crippen LogP contribution in [0.1, 0.15) is 5.56 Å². The van der Waals surface area contributed by atoms with Gasteiger partial charge in [-0.05, 0) is 12.0 Å². The standard InChI is InChI=1S/C13H15ClN4O/c14-11-7-16-13(15)18-12(11)17-10(8-19)6-9-4-2-1-3-5-9/h1-5,7,10,19H,6,8H2,(H3,15,16,17,18). The minimum atomic E-state index is -0.186. The highest BCUT2D eigenvalue weighted by atomic mass is 35.5. The van der Waals surface area contributed by atoms with E-state index >= 15 is 0 Å². The summed E-state index contributed by atoms with van der Waals surface area (Å²) in [4.78, 5) is 7.80. The Morgan fingerprint density at radius 3 is 2.74 bits per heavy atom. The number of rotatable bonds is 5. The number of nitrogens with zero attached hydrogens (tertiary/aromatic N) is 2. The van der Waals surface area contributed by atoms with Crippen LogP contribution in [0.2, 0.25) is 5.02 Å². The minimum Gasteiger partial charge on any atom is -0.394 e. The van der Waals surface area contributed by atoms with Gasteiger partial charge in [-0.25, -0.2) is 4.98 Å². The van der Waals surface area contributed by atoms with Crippen molar-refractivity contribution in [3.8, 4) is 0 Å². The van der Waals surface area contributed by atoms with Gasteiger partial charge in [0, 0.05) is 0 Å². The number of nitrogen functional groups attached to an aromatic ring is 1. The van der Waals surface area contributed by atoms with E-state index in [4.69, 9.17) is 17.3 Å². The Balaban J connectivity index is 2.09. The molecule has 1 atom stereocenters. The third kappa shape index (κ3) is 3.81. The first kappa shape index (κ1) is 13.6. The fourth-order valence-corrected chi connectivity index (χ4v) is 1.88. The van der Waals surface area contributed by atoms with E-state index < -0.39 is 0 Å². The maximum Gasteiger partial charge on any atom is 0.222 e. The van der Waals surface area contributed by atoms with Gasteiger partial charge in [-0.1, -0.05) is 41.9 Å². The summed E-state index contributed by atoms with van der Waals surface area (Å²) >= 11 is 5.98. The van der Waals surface area contributed by atoms with Crippen LogP contribution in [0, 0.1) is 0 Å². The van der Waals surface area contributed by atoms with Crippen LogP contribution < -0.4 is 11.1 Å². The Morgan fingerprint density at radius 2 is 2.05 bits per heavy atom. The number of halogens is 1. The number of nitrogens with one attached hydrogen (secondary N) is 1. The molecule has 0 saturated heterocycles. The molecular weight excluding hydrogens is 264 g/mol. The molecular formula is C13H15ClN4O. The molecule has 100 valence electrons. The number of aliphatic hydroxyl groups excluding tert-OH is 1. The molecule has 4 N–H and O–H groups in total. The van der Waals surface area contributed by atoms with Crippen LogP contribution in [0.4, 0.5) is 11.8 Å². The molecule has 1 aromatic carbocycles. The average Bonchev–Trinajstić information content (AvgIpc) is 2.43. The van der Waals surface area contributed by atoms with E-state index in [0.29, 0.717) is 17.3 Å². The second-order valence-corrected chi connectivity index (χ2v) is 4.55. The lowest BCUT2D eigenvalue weighted by molar-refractivity contribution is 0.273. The molecule has 1 aromatic heterocycles. The summed E-state index contributed by atoms with van der Waals surface area (Å²) in [5.74, 6) is 0.576. The Morgan fingerprint density at radius 1 is 1.32 bits per heavy atom. The maximum absolute atomic E-state index is 9.43. The molecule has 2 rings (SSSR count). The van der Waals surface area contributed by atoms with E-state index in [-0.39, 0.29) is 18.6 Å². The number of aliphatic hydroxyl groups is 1. The molecule has 0 spiro atoms. The lowest BCUT2D eigenvalue weighted by Gasteiger charge is -2.17. The number of nitrogens with two attached hydrogens (primary N) is 1. The van der Waals surface area contributed by atoms with Gasteiger partial charge in [0.2, 0.25) is 5.95 Å². The molecule has 1 unspecified atom stereocenters. The maximum atomic E-state index is 9.43. The van der Waals surface area contributed by atoms with E-state index in [1.165, 1.54) is 6.20 Å². The zero-order chi connectivity index (χ0) is 13.7. The summed E-state index contributed by atoms with van der Waals surface area (Å²) in [5.41, 5.74) is 6.63. The van der Waals surface area contributed by atoms with Crippen molar-refractivity contribution in [1.82, 2.24) is 9.97 Å². The Bertz CT molecular complexity index is 535. The van der Waals surface area contributed by atoms with Crippen molar-refractivity contribution < 1.29 is 5.11 Å². The number of anilines is 2. The second kappa shape index (κ2) is 6.36. The highest BCUT2D eigenvalue weighted by Crippen LogP contribution is 2.20. The smallest absolute Gasteiger partial charge is 0.222 e. The number of hydrogen-bond acceptors (Lipinski definition) is 5. The van der Waals surface area contributed by atoms with Gasteiger partial charge in [0.05, 0.1) is 18.8 Å². The lowest BCUT2D eigenvalue weighted by atomic mass is 10.1. The van der Waals surface area contributed by atoms with Crippen LogP contribution in [-0.2, 0) is 6.42 Å². The first-order chi connectivity index (χ1) is 9.19. The quantitative estimate of drug-likeness (QED) is 0.776. The van der Waals surface area contributed by atoms with Crippen LogP contribution in [-0.4, -0.2) is 27.7 Å². The van der Waals surface area contributed by atoms with Crippen LogP contribution in [0.5, 0.6) is 0 Å². The Hall–Kier alpha value is -1.85. The zero-order valence-corrected chi connectivity index (χ0v) is 11.0. The first-order valence-electron chi connectivity index (χ1n) is 5.88. The molecule has 0 aliphatic carbocycles. The van der Waals surface area contributed by atoms with E-state index in [1.807, 2.05) is 30.3 Å². The predicted octanol–water partition coefficient (Wildman–Crippen LogP) is 1.73. The van der Waals surface area contributed by atoms with Crippen LogP contribution in [0.3, 0.4) is 0 Å². The molecule has 0 aliphatic heterocycles. The SMILES string of the molecule is Nc1ncc(Cl)c(NC(CO)Cc2ccccc2)n1.